The lowest BCUT2D eigenvalue weighted by Gasteiger charge is -2.36. The topological polar surface area (TPSA) is 109 Å². The third kappa shape index (κ3) is 5.58. The van der Waals surface area contributed by atoms with Gasteiger partial charge in [0.1, 0.15) is 0 Å². The van der Waals surface area contributed by atoms with Gasteiger partial charge in [0.2, 0.25) is 21.7 Å². The third-order valence-electron chi connectivity index (χ3n) is 5.69. The number of carbonyl (C=O) groups excluding carboxylic acids is 1. The van der Waals surface area contributed by atoms with Crippen molar-refractivity contribution < 1.29 is 17.7 Å². The van der Waals surface area contributed by atoms with Gasteiger partial charge in [0.25, 0.3) is 5.91 Å². The van der Waals surface area contributed by atoms with Crippen LogP contribution in [0.15, 0.2) is 53.1 Å². The average Bonchev–Trinajstić information content (AvgIpc) is 3.28. The number of hydrogen-bond acceptors (Lipinski definition) is 7. The Morgan fingerprint density at radius 2 is 1.67 bits per heavy atom. The van der Waals surface area contributed by atoms with Crippen LogP contribution in [0.4, 0.5) is 5.69 Å². The summed E-state index contributed by atoms with van der Waals surface area (Å²) in [7, 11) is -3.35. The Bertz CT molecular complexity index is 1210. The molecule has 2 heterocycles. The number of sulfonamides is 1. The van der Waals surface area contributed by atoms with E-state index in [-0.39, 0.29) is 11.9 Å². The van der Waals surface area contributed by atoms with Crippen LogP contribution in [0.3, 0.4) is 0 Å². The van der Waals surface area contributed by atoms with Gasteiger partial charge >= 0.3 is 0 Å². The fraction of sp³-hybridized carbons (Fsp3) is 0.348. The molecule has 1 saturated heterocycles. The van der Waals surface area contributed by atoms with Gasteiger partial charge < -0.3 is 9.42 Å². The quantitative estimate of drug-likeness (QED) is 0.591. The normalized spacial score (nSPS) is 15.9. The third-order valence-corrected chi connectivity index (χ3v) is 6.30. The van der Waals surface area contributed by atoms with Crippen LogP contribution in [-0.4, -0.2) is 66.7 Å². The van der Waals surface area contributed by atoms with E-state index in [4.69, 9.17) is 4.52 Å². The van der Waals surface area contributed by atoms with Crippen molar-refractivity contribution in [2.24, 2.45) is 0 Å². The van der Waals surface area contributed by atoms with Crippen LogP contribution in [0.1, 0.15) is 34.8 Å². The van der Waals surface area contributed by atoms with Gasteiger partial charge in [-0.1, -0.05) is 35.0 Å². The molecule has 1 aromatic heterocycles. The van der Waals surface area contributed by atoms with Crippen LogP contribution in [0.25, 0.3) is 11.4 Å². The number of benzene rings is 2. The van der Waals surface area contributed by atoms with Crippen molar-refractivity contribution in [3.63, 3.8) is 0 Å². The van der Waals surface area contributed by atoms with Crippen molar-refractivity contribution >= 4 is 21.6 Å². The van der Waals surface area contributed by atoms with E-state index in [1.165, 1.54) is 5.56 Å². The van der Waals surface area contributed by atoms with E-state index in [2.05, 4.69) is 19.8 Å². The molecule has 1 aliphatic rings. The maximum absolute atomic E-state index is 12.9. The smallest absolute Gasteiger partial charge is 0.253 e. The molecule has 174 valence electrons. The van der Waals surface area contributed by atoms with E-state index in [1.807, 2.05) is 38.1 Å². The molecule has 1 amide bonds. The summed E-state index contributed by atoms with van der Waals surface area (Å²) >= 11 is 0. The van der Waals surface area contributed by atoms with Crippen molar-refractivity contribution in [1.29, 1.82) is 0 Å². The highest BCUT2D eigenvalue weighted by Crippen LogP contribution is 2.24. The lowest BCUT2D eigenvalue weighted by atomic mass is 10.1. The predicted molar refractivity (Wildman–Crippen MR) is 125 cm³/mol. The molecule has 4 rings (SSSR count). The zero-order valence-corrected chi connectivity index (χ0v) is 19.7. The van der Waals surface area contributed by atoms with E-state index in [1.54, 1.807) is 29.2 Å². The highest BCUT2D eigenvalue weighted by molar-refractivity contribution is 7.92. The molecule has 0 spiro atoms. The average molecular weight is 470 g/mol. The van der Waals surface area contributed by atoms with Crippen LogP contribution in [0, 0.1) is 6.92 Å². The Kier molecular flexibility index (Phi) is 6.48. The Morgan fingerprint density at radius 1 is 1.03 bits per heavy atom. The van der Waals surface area contributed by atoms with Crippen LogP contribution < -0.4 is 4.72 Å². The van der Waals surface area contributed by atoms with Gasteiger partial charge in [-0.2, -0.15) is 4.98 Å². The number of carbonyl (C=O) groups is 1. The molecule has 0 saturated carbocycles. The monoisotopic (exact) mass is 469 g/mol. The number of aromatic nitrogens is 2. The maximum atomic E-state index is 12.9. The number of aryl methyl sites for hydroxylation is 1. The van der Waals surface area contributed by atoms with Crippen LogP contribution in [0.5, 0.6) is 0 Å². The first-order valence-corrected chi connectivity index (χ1v) is 12.6. The van der Waals surface area contributed by atoms with Gasteiger partial charge in [0, 0.05) is 43.0 Å². The molecule has 9 nitrogen and oxygen atoms in total. The molecule has 0 aliphatic carbocycles. The molecule has 3 aromatic rings. The summed E-state index contributed by atoms with van der Waals surface area (Å²) in [6, 6.07) is 14.4. The van der Waals surface area contributed by atoms with Crippen molar-refractivity contribution in [3.8, 4) is 11.4 Å². The Hall–Kier alpha value is -3.24. The number of nitrogens with zero attached hydrogens (tertiary/aromatic N) is 4. The van der Waals surface area contributed by atoms with Gasteiger partial charge in [-0.3, -0.25) is 14.4 Å². The number of anilines is 1. The minimum Gasteiger partial charge on any atom is -0.337 e. The van der Waals surface area contributed by atoms with Crippen molar-refractivity contribution in [2.45, 2.75) is 19.9 Å². The number of nitrogens with one attached hydrogen (secondary N) is 1. The fourth-order valence-electron chi connectivity index (χ4n) is 3.77. The number of amides is 1. The first kappa shape index (κ1) is 22.9. The van der Waals surface area contributed by atoms with Gasteiger partial charge in [0.15, 0.2) is 0 Å². The largest absolute Gasteiger partial charge is 0.337 e. The maximum Gasteiger partial charge on any atom is 0.253 e. The molecule has 0 bridgehead atoms. The molecule has 33 heavy (non-hydrogen) atoms. The first-order valence-electron chi connectivity index (χ1n) is 10.7. The highest BCUT2D eigenvalue weighted by atomic mass is 32.2. The second kappa shape index (κ2) is 9.32. The molecule has 10 heteroatoms. The lowest BCUT2D eigenvalue weighted by molar-refractivity contribution is 0.0551. The van der Waals surface area contributed by atoms with Crippen molar-refractivity contribution in [3.05, 3.63) is 65.5 Å². The zero-order chi connectivity index (χ0) is 23.6. The minimum atomic E-state index is -3.35. The SMILES string of the molecule is Cc1ccc(-c2noc([C@H](C)N3CCN(C(=O)c4ccc(NS(C)(=O)=O)cc4)CC3)n2)cc1. The van der Waals surface area contributed by atoms with E-state index in [0.717, 1.165) is 11.8 Å². The summed E-state index contributed by atoms with van der Waals surface area (Å²) in [5.74, 6) is 1.05. The Balaban J connectivity index is 1.34. The van der Waals surface area contributed by atoms with Crippen LogP contribution in [0.2, 0.25) is 0 Å². The molecule has 1 atom stereocenters. The van der Waals surface area contributed by atoms with Crippen LogP contribution >= 0.6 is 0 Å². The summed E-state index contributed by atoms with van der Waals surface area (Å²) in [5.41, 5.74) is 3.04. The summed E-state index contributed by atoms with van der Waals surface area (Å²) in [4.78, 5) is 21.4. The van der Waals surface area contributed by atoms with Crippen molar-refractivity contribution in [1.82, 2.24) is 19.9 Å². The Labute approximate surface area is 193 Å². The minimum absolute atomic E-state index is 0.0599. The number of rotatable bonds is 6. The summed E-state index contributed by atoms with van der Waals surface area (Å²) < 4.78 is 30.6. The number of hydrogen-bond donors (Lipinski definition) is 1. The van der Waals surface area contributed by atoms with Gasteiger partial charge in [-0.15, -0.1) is 0 Å². The van der Waals surface area contributed by atoms with Crippen molar-refractivity contribution in [2.75, 3.05) is 37.2 Å². The fourth-order valence-corrected chi connectivity index (χ4v) is 4.34. The van der Waals surface area contributed by atoms with Crippen LogP contribution in [-0.2, 0) is 10.0 Å². The zero-order valence-electron chi connectivity index (χ0n) is 18.9. The lowest BCUT2D eigenvalue weighted by Crippen LogP contribution is -2.49. The van der Waals surface area contributed by atoms with E-state index >= 15 is 0 Å². The predicted octanol–water partition coefficient (Wildman–Crippen LogP) is 2.94. The summed E-state index contributed by atoms with van der Waals surface area (Å²) in [6.45, 7) is 6.57. The molecular weight excluding hydrogens is 442 g/mol. The summed E-state index contributed by atoms with van der Waals surface area (Å²) in [5, 5.41) is 4.12. The molecule has 1 fully saturated rings. The second-order valence-corrected chi connectivity index (χ2v) is 10.0. The van der Waals surface area contributed by atoms with Gasteiger partial charge in [-0.05, 0) is 38.1 Å². The highest BCUT2D eigenvalue weighted by Gasteiger charge is 2.28. The van der Waals surface area contributed by atoms with E-state index < -0.39 is 10.0 Å². The van der Waals surface area contributed by atoms with E-state index in [0.29, 0.717) is 49.1 Å². The second-order valence-electron chi connectivity index (χ2n) is 8.28. The standard InChI is InChI=1S/C23H27N5O4S/c1-16-4-6-18(7-5-16)21-24-22(32-25-21)17(2)27-12-14-28(15-13-27)23(29)19-8-10-20(11-9-19)26-33(3,30)31/h4-11,17,26H,12-15H2,1-3H3/t17-/m0/s1. The van der Waals surface area contributed by atoms with Gasteiger partial charge in [0.05, 0.1) is 12.3 Å². The number of piperazine rings is 1. The summed E-state index contributed by atoms with van der Waals surface area (Å²) in [6.07, 6.45) is 1.09. The van der Waals surface area contributed by atoms with E-state index in [9.17, 15) is 13.2 Å². The first-order chi connectivity index (χ1) is 15.7. The molecule has 0 radical (unpaired) electrons. The van der Waals surface area contributed by atoms with Gasteiger partial charge in [-0.25, -0.2) is 8.42 Å². The molecular formula is C23H27N5O4S. The molecule has 1 N–H and O–H groups in total. The molecule has 0 unspecified atom stereocenters. The molecule has 2 aromatic carbocycles. The molecule has 1 aliphatic heterocycles. The Morgan fingerprint density at radius 3 is 2.27 bits per heavy atom.